The Bertz CT molecular complexity index is 786. The standard InChI is InChI=1S/C32H54O/c1-21(2)11-10-12-22(3)24-15-19-31(8)26(24)13-14-28-30(7)18-16-25(23(4)33)29(5,6)27(30)17-20-32(28,31)9/h11,22,24-28H,10,12-20H2,1-9H3/t22-,24-,25+,26-,27?,28-,30+,31+,32-/m1/s1. The molecule has 33 heavy (non-hydrogen) atoms. The first-order valence-electron chi connectivity index (χ1n) is 14.4. The maximum absolute atomic E-state index is 12.5. The van der Waals surface area contributed by atoms with Crippen molar-refractivity contribution in [3.63, 3.8) is 0 Å². The normalized spacial score (nSPS) is 47.1. The first-order valence-corrected chi connectivity index (χ1v) is 14.4. The van der Waals surface area contributed by atoms with Crippen molar-refractivity contribution in [3.8, 4) is 0 Å². The van der Waals surface area contributed by atoms with Crippen molar-refractivity contribution in [2.75, 3.05) is 0 Å². The topological polar surface area (TPSA) is 17.1 Å². The van der Waals surface area contributed by atoms with Crippen LogP contribution in [-0.2, 0) is 4.79 Å². The van der Waals surface area contributed by atoms with Gasteiger partial charge in [-0.3, -0.25) is 4.79 Å². The third-order valence-electron chi connectivity index (χ3n) is 12.9. The predicted molar refractivity (Wildman–Crippen MR) is 141 cm³/mol. The van der Waals surface area contributed by atoms with E-state index in [1.165, 1.54) is 63.4 Å². The molecule has 9 atom stereocenters. The minimum absolute atomic E-state index is 0.148. The van der Waals surface area contributed by atoms with E-state index < -0.39 is 0 Å². The molecule has 0 aromatic carbocycles. The highest BCUT2D eigenvalue weighted by atomic mass is 16.1. The fourth-order valence-electron chi connectivity index (χ4n) is 11.1. The molecular weight excluding hydrogens is 400 g/mol. The van der Waals surface area contributed by atoms with Gasteiger partial charge in [-0.2, -0.15) is 0 Å². The van der Waals surface area contributed by atoms with E-state index in [0.29, 0.717) is 27.9 Å². The summed E-state index contributed by atoms with van der Waals surface area (Å²) in [6, 6.07) is 0. The second kappa shape index (κ2) is 8.51. The quantitative estimate of drug-likeness (QED) is 0.378. The van der Waals surface area contributed by atoms with Gasteiger partial charge >= 0.3 is 0 Å². The van der Waals surface area contributed by atoms with Gasteiger partial charge < -0.3 is 0 Å². The van der Waals surface area contributed by atoms with Crippen LogP contribution >= 0.6 is 0 Å². The van der Waals surface area contributed by atoms with E-state index in [4.69, 9.17) is 0 Å². The SMILES string of the molecule is CC(=O)[C@@H]1CC[C@@]2(C)C(CC[C@]3(C)[C@@H]2CC[C@@H]2[C@@H]([C@H](C)CCC=C(C)C)CC[C@@]23C)C1(C)C. The summed E-state index contributed by atoms with van der Waals surface area (Å²) in [6.07, 6.45) is 16.0. The zero-order valence-corrected chi connectivity index (χ0v) is 23.5. The number of rotatable bonds is 5. The number of ketones is 1. The Hall–Kier alpha value is -0.590. The van der Waals surface area contributed by atoms with Crippen molar-refractivity contribution in [2.45, 2.75) is 127 Å². The molecule has 0 aromatic heterocycles. The molecule has 4 saturated carbocycles. The van der Waals surface area contributed by atoms with Crippen molar-refractivity contribution in [2.24, 2.45) is 57.2 Å². The van der Waals surface area contributed by atoms with E-state index >= 15 is 0 Å². The number of allylic oxidation sites excluding steroid dienone is 2. The lowest BCUT2D eigenvalue weighted by molar-refractivity contribution is -0.213. The fraction of sp³-hybridized carbons (Fsp3) is 0.906. The van der Waals surface area contributed by atoms with Crippen LogP contribution in [0.15, 0.2) is 11.6 Å². The molecule has 0 aromatic rings. The summed E-state index contributed by atoms with van der Waals surface area (Å²) in [5.41, 5.74) is 2.99. The van der Waals surface area contributed by atoms with E-state index in [1.807, 2.05) is 6.92 Å². The van der Waals surface area contributed by atoms with Crippen LogP contribution in [0, 0.1) is 57.2 Å². The first kappa shape index (κ1) is 25.5. The summed E-state index contributed by atoms with van der Waals surface area (Å²) in [5, 5.41) is 0. The van der Waals surface area contributed by atoms with Crippen LogP contribution in [0.4, 0.5) is 0 Å². The summed E-state index contributed by atoms with van der Waals surface area (Å²) >= 11 is 0. The molecule has 1 unspecified atom stereocenters. The molecule has 0 amide bonds. The van der Waals surface area contributed by atoms with Crippen LogP contribution in [-0.4, -0.2) is 5.78 Å². The van der Waals surface area contributed by atoms with E-state index in [-0.39, 0.29) is 11.3 Å². The number of fused-ring (bicyclic) bond motifs is 5. The van der Waals surface area contributed by atoms with Crippen molar-refractivity contribution in [1.29, 1.82) is 0 Å². The Balaban J connectivity index is 1.59. The van der Waals surface area contributed by atoms with Gasteiger partial charge in [0.25, 0.3) is 0 Å². The number of Topliss-reactive ketones (excluding diaryl/α,β-unsaturated/α-hetero) is 1. The van der Waals surface area contributed by atoms with Crippen LogP contribution in [0.2, 0.25) is 0 Å². The summed E-state index contributed by atoms with van der Waals surface area (Å²) in [7, 11) is 0. The van der Waals surface area contributed by atoms with Crippen molar-refractivity contribution < 1.29 is 4.79 Å². The van der Waals surface area contributed by atoms with Gasteiger partial charge in [-0.25, -0.2) is 0 Å². The summed E-state index contributed by atoms with van der Waals surface area (Å²) in [4.78, 5) is 12.5. The molecule has 0 radical (unpaired) electrons. The molecule has 1 heteroatoms. The largest absolute Gasteiger partial charge is 0.300 e. The minimum Gasteiger partial charge on any atom is -0.300 e. The highest BCUT2D eigenvalue weighted by Crippen LogP contribution is 2.76. The third-order valence-corrected chi connectivity index (χ3v) is 12.9. The minimum atomic E-state index is 0.148. The zero-order chi connectivity index (χ0) is 24.4. The Morgan fingerprint density at radius 1 is 0.848 bits per heavy atom. The number of carbonyl (C=O) groups excluding carboxylic acids is 1. The zero-order valence-electron chi connectivity index (χ0n) is 23.5. The third kappa shape index (κ3) is 3.72. The lowest BCUT2D eigenvalue weighted by Gasteiger charge is -2.70. The second-order valence-electron chi connectivity index (χ2n) is 14.7. The maximum atomic E-state index is 12.5. The highest BCUT2D eigenvalue weighted by Gasteiger charge is 2.68. The van der Waals surface area contributed by atoms with E-state index in [9.17, 15) is 4.79 Å². The van der Waals surface area contributed by atoms with Crippen LogP contribution in [0.5, 0.6) is 0 Å². The monoisotopic (exact) mass is 454 g/mol. The van der Waals surface area contributed by atoms with Gasteiger partial charge in [0.15, 0.2) is 0 Å². The average molecular weight is 455 g/mol. The Morgan fingerprint density at radius 3 is 2.15 bits per heavy atom. The molecule has 0 N–H and O–H groups in total. The molecule has 4 aliphatic rings. The van der Waals surface area contributed by atoms with Crippen LogP contribution in [0.25, 0.3) is 0 Å². The predicted octanol–water partition coefficient (Wildman–Crippen LogP) is 9.26. The molecule has 0 saturated heterocycles. The van der Waals surface area contributed by atoms with Crippen LogP contribution in [0.3, 0.4) is 0 Å². The van der Waals surface area contributed by atoms with Gasteiger partial charge in [0, 0.05) is 5.92 Å². The van der Waals surface area contributed by atoms with Crippen molar-refractivity contribution >= 4 is 5.78 Å². The molecule has 188 valence electrons. The van der Waals surface area contributed by atoms with Gasteiger partial charge in [0.05, 0.1) is 0 Å². The maximum Gasteiger partial charge on any atom is 0.133 e. The van der Waals surface area contributed by atoms with Crippen LogP contribution in [0.1, 0.15) is 127 Å². The highest BCUT2D eigenvalue weighted by molar-refractivity contribution is 5.79. The molecule has 0 heterocycles. The molecular formula is C32H54O. The molecule has 4 aliphatic carbocycles. The van der Waals surface area contributed by atoms with E-state index in [0.717, 1.165) is 30.1 Å². The van der Waals surface area contributed by atoms with Gasteiger partial charge in [-0.1, -0.05) is 53.2 Å². The molecule has 1 nitrogen and oxygen atoms in total. The Labute approximate surface area is 206 Å². The fourth-order valence-corrected chi connectivity index (χ4v) is 11.1. The summed E-state index contributed by atoms with van der Waals surface area (Å²) < 4.78 is 0. The smallest absolute Gasteiger partial charge is 0.133 e. The second-order valence-corrected chi connectivity index (χ2v) is 14.7. The van der Waals surface area contributed by atoms with Gasteiger partial charge in [-0.05, 0) is 136 Å². The Kier molecular flexibility index (Phi) is 6.58. The van der Waals surface area contributed by atoms with Crippen molar-refractivity contribution in [1.82, 2.24) is 0 Å². The number of carbonyl (C=O) groups is 1. The lowest BCUT2D eigenvalue weighted by Crippen LogP contribution is -2.63. The van der Waals surface area contributed by atoms with Crippen molar-refractivity contribution in [3.05, 3.63) is 11.6 Å². The van der Waals surface area contributed by atoms with E-state index in [1.54, 1.807) is 0 Å². The van der Waals surface area contributed by atoms with E-state index in [2.05, 4.69) is 61.5 Å². The van der Waals surface area contributed by atoms with Gasteiger partial charge in [0.2, 0.25) is 0 Å². The number of hydrogen-bond acceptors (Lipinski definition) is 1. The molecule has 4 rings (SSSR count). The number of hydrogen-bond donors (Lipinski definition) is 0. The summed E-state index contributed by atoms with van der Waals surface area (Å²) in [5.74, 6) is 4.93. The summed E-state index contributed by atoms with van der Waals surface area (Å²) in [6.45, 7) is 21.9. The van der Waals surface area contributed by atoms with Gasteiger partial charge in [-0.15, -0.1) is 0 Å². The lowest BCUT2D eigenvalue weighted by atomic mass is 9.34. The molecule has 4 fully saturated rings. The Morgan fingerprint density at radius 2 is 1.52 bits per heavy atom. The molecule has 0 aliphatic heterocycles. The molecule has 0 bridgehead atoms. The van der Waals surface area contributed by atoms with Crippen LogP contribution < -0.4 is 0 Å². The molecule has 0 spiro atoms. The van der Waals surface area contributed by atoms with Gasteiger partial charge in [0.1, 0.15) is 5.78 Å². The average Bonchev–Trinajstić information content (AvgIpc) is 3.05. The first-order chi connectivity index (χ1) is 15.3.